The van der Waals surface area contributed by atoms with E-state index in [1.54, 1.807) is 4.98 Å². The number of ether oxygens (including phenoxy) is 1. The molecule has 5 nitrogen and oxygen atoms in total. The molecule has 0 aliphatic rings. The van der Waals surface area contributed by atoms with Crippen LogP contribution in [-0.2, 0) is 9.05 Å². The van der Waals surface area contributed by atoms with E-state index in [1.807, 2.05) is 0 Å². The zero-order chi connectivity index (χ0) is 13.4. The van der Waals surface area contributed by atoms with E-state index in [4.69, 9.17) is 22.3 Å². The molecule has 0 atom stereocenters. The Kier molecular flexibility index (Phi) is 3.65. The lowest BCUT2D eigenvalue weighted by Gasteiger charge is -2.10. The van der Waals surface area contributed by atoms with Crippen LogP contribution < -0.4 is 10.3 Å². The minimum atomic E-state index is -5.09. The Balaban J connectivity index is 3.46. The SMILES string of the molecule is O=c1[nH]cc(OC(F)(F)F)c(Cl)c1S(=O)(=O)Cl. The zero-order valence-electron chi connectivity index (χ0n) is 7.51. The second kappa shape index (κ2) is 4.39. The van der Waals surface area contributed by atoms with Crippen LogP contribution in [0.1, 0.15) is 0 Å². The van der Waals surface area contributed by atoms with Crippen LogP contribution in [0.5, 0.6) is 5.75 Å². The minimum Gasteiger partial charge on any atom is -0.403 e. The summed E-state index contributed by atoms with van der Waals surface area (Å²) in [5.41, 5.74) is -1.25. The molecule has 0 saturated heterocycles. The molecule has 17 heavy (non-hydrogen) atoms. The molecule has 1 aromatic rings. The van der Waals surface area contributed by atoms with Crippen molar-refractivity contribution in [3.05, 3.63) is 21.6 Å². The molecule has 0 radical (unpaired) electrons. The number of hydrogen-bond acceptors (Lipinski definition) is 4. The fourth-order valence-electron chi connectivity index (χ4n) is 0.888. The van der Waals surface area contributed by atoms with Crippen molar-refractivity contribution in [3.8, 4) is 5.75 Å². The Hall–Kier alpha value is -0.930. The first-order valence-corrected chi connectivity index (χ1v) is 6.32. The van der Waals surface area contributed by atoms with Gasteiger partial charge in [0.2, 0.25) is 0 Å². The first-order chi connectivity index (χ1) is 7.52. The summed E-state index contributed by atoms with van der Waals surface area (Å²) in [6, 6.07) is 0. The standard InChI is InChI=1S/C6H2Cl2F3NO4S/c7-3-2(16-6(9,10)11)1-12-5(13)4(3)17(8,14)15/h1H,(H,12,13). The van der Waals surface area contributed by atoms with Gasteiger partial charge in [-0.2, -0.15) is 0 Å². The molecule has 1 aromatic heterocycles. The lowest BCUT2D eigenvalue weighted by Crippen LogP contribution is -2.21. The monoisotopic (exact) mass is 311 g/mol. The summed E-state index contributed by atoms with van der Waals surface area (Å²) in [7, 11) is 0.250. The second-order valence-electron chi connectivity index (χ2n) is 2.61. The largest absolute Gasteiger partial charge is 0.573 e. The summed E-state index contributed by atoms with van der Waals surface area (Å²) in [6.07, 6.45) is -4.61. The summed E-state index contributed by atoms with van der Waals surface area (Å²) in [5, 5.41) is -1.04. The molecule has 0 saturated carbocycles. The highest BCUT2D eigenvalue weighted by Crippen LogP contribution is 2.33. The minimum absolute atomic E-state index is 0.476. The van der Waals surface area contributed by atoms with E-state index in [0.29, 0.717) is 6.20 Å². The Morgan fingerprint density at radius 3 is 2.29 bits per heavy atom. The van der Waals surface area contributed by atoms with E-state index in [1.165, 1.54) is 0 Å². The molecular formula is C6H2Cl2F3NO4S. The van der Waals surface area contributed by atoms with Crippen LogP contribution in [0.2, 0.25) is 5.02 Å². The molecule has 1 rings (SSSR count). The quantitative estimate of drug-likeness (QED) is 0.846. The van der Waals surface area contributed by atoms with Crippen molar-refractivity contribution in [2.24, 2.45) is 0 Å². The maximum atomic E-state index is 11.9. The number of aromatic nitrogens is 1. The Bertz CT molecular complexity index is 594. The summed E-state index contributed by atoms with van der Waals surface area (Å²) in [6.45, 7) is 0. The molecule has 0 aliphatic carbocycles. The van der Waals surface area contributed by atoms with Gasteiger partial charge in [0.05, 0.1) is 0 Å². The first kappa shape index (κ1) is 14.1. The highest BCUT2D eigenvalue weighted by atomic mass is 35.7. The molecule has 0 amide bonds. The van der Waals surface area contributed by atoms with Gasteiger partial charge in [-0.05, 0) is 0 Å². The number of nitrogens with one attached hydrogen (secondary N) is 1. The summed E-state index contributed by atoms with van der Waals surface area (Å²) in [5.74, 6) is -1.07. The molecule has 11 heteroatoms. The van der Waals surface area contributed by atoms with Gasteiger partial charge in [0.25, 0.3) is 14.6 Å². The third kappa shape index (κ3) is 3.51. The van der Waals surface area contributed by atoms with Gasteiger partial charge in [0.15, 0.2) is 10.6 Å². The Morgan fingerprint density at radius 2 is 1.88 bits per heavy atom. The van der Waals surface area contributed by atoms with E-state index < -0.39 is 36.6 Å². The summed E-state index contributed by atoms with van der Waals surface area (Å²) < 4.78 is 60.9. The van der Waals surface area contributed by atoms with E-state index in [9.17, 15) is 26.4 Å². The smallest absolute Gasteiger partial charge is 0.403 e. The highest BCUT2D eigenvalue weighted by Gasteiger charge is 2.34. The van der Waals surface area contributed by atoms with Crippen molar-refractivity contribution in [1.29, 1.82) is 0 Å². The van der Waals surface area contributed by atoms with Crippen molar-refractivity contribution >= 4 is 31.3 Å². The van der Waals surface area contributed by atoms with Crippen LogP contribution in [-0.4, -0.2) is 19.8 Å². The fraction of sp³-hybridized carbons (Fsp3) is 0.167. The van der Waals surface area contributed by atoms with Gasteiger partial charge in [-0.1, -0.05) is 11.6 Å². The fourth-order valence-corrected chi connectivity index (χ4v) is 2.53. The van der Waals surface area contributed by atoms with E-state index >= 15 is 0 Å². The third-order valence-corrected chi connectivity index (χ3v) is 3.25. The molecule has 0 bridgehead atoms. The first-order valence-electron chi connectivity index (χ1n) is 3.64. The maximum Gasteiger partial charge on any atom is 0.573 e. The lowest BCUT2D eigenvalue weighted by molar-refractivity contribution is -0.274. The van der Waals surface area contributed by atoms with Crippen molar-refractivity contribution < 1.29 is 26.3 Å². The molecular weight excluding hydrogens is 310 g/mol. The average Bonchev–Trinajstić information content (AvgIpc) is 2.06. The number of hydrogen-bond donors (Lipinski definition) is 1. The predicted octanol–water partition coefficient (Wildman–Crippen LogP) is 1.85. The number of rotatable bonds is 2. The molecule has 0 aliphatic heterocycles. The number of pyridine rings is 1. The van der Waals surface area contributed by atoms with Crippen LogP contribution in [0.3, 0.4) is 0 Å². The van der Waals surface area contributed by atoms with Gasteiger partial charge in [-0.3, -0.25) is 4.79 Å². The Labute approximate surface area is 102 Å². The van der Waals surface area contributed by atoms with Gasteiger partial charge < -0.3 is 9.72 Å². The van der Waals surface area contributed by atoms with Gasteiger partial charge >= 0.3 is 6.36 Å². The van der Waals surface area contributed by atoms with Crippen LogP contribution >= 0.6 is 22.3 Å². The molecule has 96 valence electrons. The normalized spacial score (nSPS) is 12.5. The predicted molar refractivity (Wildman–Crippen MR) is 51.8 cm³/mol. The number of halogens is 5. The van der Waals surface area contributed by atoms with Gasteiger partial charge in [-0.25, -0.2) is 8.42 Å². The lowest BCUT2D eigenvalue weighted by atomic mass is 10.4. The van der Waals surface area contributed by atoms with Crippen molar-refractivity contribution in [1.82, 2.24) is 4.98 Å². The summed E-state index contributed by atoms with van der Waals surface area (Å²) in [4.78, 5) is 11.6. The van der Waals surface area contributed by atoms with Crippen molar-refractivity contribution in [2.75, 3.05) is 0 Å². The number of H-pyrrole nitrogens is 1. The highest BCUT2D eigenvalue weighted by molar-refractivity contribution is 8.13. The molecule has 0 unspecified atom stereocenters. The third-order valence-electron chi connectivity index (χ3n) is 1.43. The molecule has 1 N–H and O–H groups in total. The maximum absolute atomic E-state index is 11.9. The molecule has 0 spiro atoms. The van der Waals surface area contributed by atoms with Gasteiger partial charge in [0, 0.05) is 16.9 Å². The van der Waals surface area contributed by atoms with Crippen LogP contribution in [0.25, 0.3) is 0 Å². The van der Waals surface area contributed by atoms with Gasteiger partial charge in [0.1, 0.15) is 5.02 Å². The molecule has 0 aromatic carbocycles. The van der Waals surface area contributed by atoms with E-state index in [2.05, 4.69) is 4.74 Å². The van der Waals surface area contributed by atoms with E-state index in [-0.39, 0.29) is 0 Å². The van der Waals surface area contributed by atoms with Crippen LogP contribution in [0.15, 0.2) is 15.9 Å². The van der Waals surface area contributed by atoms with Crippen LogP contribution in [0.4, 0.5) is 13.2 Å². The molecule has 0 fully saturated rings. The van der Waals surface area contributed by atoms with E-state index in [0.717, 1.165) is 0 Å². The zero-order valence-corrected chi connectivity index (χ0v) is 9.84. The summed E-state index contributed by atoms with van der Waals surface area (Å²) >= 11 is 5.30. The topological polar surface area (TPSA) is 76.2 Å². The van der Waals surface area contributed by atoms with Crippen molar-refractivity contribution in [2.45, 2.75) is 11.3 Å². The number of alkyl halides is 3. The van der Waals surface area contributed by atoms with Gasteiger partial charge in [-0.15, -0.1) is 13.2 Å². The second-order valence-corrected chi connectivity index (χ2v) is 5.49. The Morgan fingerprint density at radius 1 is 1.35 bits per heavy atom. The van der Waals surface area contributed by atoms with Crippen LogP contribution in [0, 0.1) is 0 Å². The molecule has 1 heterocycles. The number of aromatic amines is 1. The average molecular weight is 312 g/mol. The van der Waals surface area contributed by atoms with Crippen molar-refractivity contribution in [3.63, 3.8) is 0 Å².